The van der Waals surface area contributed by atoms with E-state index in [9.17, 15) is 14.0 Å². The van der Waals surface area contributed by atoms with E-state index in [4.69, 9.17) is 23.4 Å². The number of halogens is 1. The van der Waals surface area contributed by atoms with Gasteiger partial charge in [0, 0.05) is 12.1 Å². The Hall–Kier alpha value is -4.01. The summed E-state index contributed by atoms with van der Waals surface area (Å²) in [5, 5.41) is 2.60. The fourth-order valence-electron chi connectivity index (χ4n) is 2.77. The summed E-state index contributed by atoms with van der Waals surface area (Å²) in [6.07, 6.45) is 1.35. The van der Waals surface area contributed by atoms with Gasteiger partial charge in [-0.05, 0) is 29.8 Å². The Kier molecular flexibility index (Phi) is 6.76. The van der Waals surface area contributed by atoms with Crippen LogP contribution in [0.25, 0.3) is 0 Å². The lowest BCUT2D eigenvalue weighted by Crippen LogP contribution is -2.16. The summed E-state index contributed by atoms with van der Waals surface area (Å²) in [6.45, 7) is -0.195. The summed E-state index contributed by atoms with van der Waals surface area (Å²) in [5.74, 6) is -1.20. The van der Waals surface area contributed by atoms with Crippen LogP contribution < -0.4 is 19.5 Å². The molecular formula is C22H20FNO7. The lowest BCUT2D eigenvalue weighted by Gasteiger charge is -2.15. The van der Waals surface area contributed by atoms with E-state index in [2.05, 4.69) is 5.32 Å². The highest BCUT2D eigenvalue weighted by molar-refractivity contribution is 6.07. The van der Waals surface area contributed by atoms with E-state index in [-0.39, 0.29) is 35.1 Å². The molecule has 0 aliphatic rings. The van der Waals surface area contributed by atoms with E-state index in [0.29, 0.717) is 11.3 Å². The molecule has 0 atom stereocenters. The largest absolute Gasteiger partial charge is 0.494 e. The third-order valence-electron chi connectivity index (χ3n) is 4.32. The van der Waals surface area contributed by atoms with Crippen LogP contribution in [-0.2, 0) is 11.3 Å². The van der Waals surface area contributed by atoms with E-state index < -0.39 is 17.7 Å². The molecule has 3 aromatic rings. The zero-order valence-electron chi connectivity index (χ0n) is 17.1. The van der Waals surface area contributed by atoms with Gasteiger partial charge in [-0.3, -0.25) is 4.79 Å². The predicted molar refractivity (Wildman–Crippen MR) is 108 cm³/mol. The molecule has 0 unspecified atom stereocenters. The molecule has 1 aromatic heterocycles. The molecule has 1 amide bonds. The minimum absolute atomic E-state index is 0.0199. The van der Waals surface area contributed by atoms with Gasteiger partial charge >= 0.3 is 5.97 Å². The number of amides is 1. The van der Waals surface area contributed by atoms with Crippen molar-refractivity contribution in [3.63, 3.8) is 0 Å². The Balaban J connectivity index is 1.85. The van der Waals surface area contributed by atoms with Crippen LogP contribution in [0.1, 0.15) is 26.5 Å². The van der Waals surface area contributed by atoms with Gasteiger partial charge in [0.15, 0.2) is 28.8 Å². The second-order valence-corrected chi connectivity index (χ2v) is 6.23. The summed E-state index contributed by atoms with van der Waals surface area (Å²) in [4.78, 5) is 25.2. The summed E-state index contributed by atoms with van der Waals surface area (Å²) in [5.41, 5.74) is 0.574. The lowest BCUT2D eigenvalue weighted by atomic mass is 10.1. The normalized spacial score (nSPS) is 10.3. The van der Waals surface area contributed by atoms with Crippen molar-refractivity contribution < 1.29 is 37.3 Å². The topological polar surface area (TPSA) is 96.2 Å². The number of carbonyl (C=O) groups is 2. The molecule has 9 heteroatoms. The zero-order chi connectivity index (χ0) is 22.4. The number of ether oxygens (including phenoxy) is 4. The highest BCUT2D eigenvalue weighted by Crippen LogP contribution is 2.34. The number of methoxy groups -OCH3 is 3. The Bertz CT molecular complexity index is 1080. The van der Waals surface area contributed by atoms with Gasteiger partial charge in [0.25, 0.3) is 5.91 Å². The van der Waals surface area contributed by atoms with Gasteiger partial charge in [-0.1, -0.05) is 6.07 Å². The van der Waals surface area contributed by atoms with Crippen molar-refractivity contribution in [2.45, 2.75) is 6.61 Å². The third-order valence-corrected chi connectivity index (χ3v) is 4.32. The summed E-state index contributed by atoms with van der Waals surface area (Å²) < 4.78 is 39.6. The molecule has 1 N–H and O–H groups in total. The monoisotopic (exact) mass is 429 g/mol. The Labute approximate surface area is 177 Å². The first-order chi connectivity index (χ1) is 15.0. The van der Waals surface area contributed by atoms with Crippen molar-refractivity contribution in [3.05, 3.63) is 71.4 Å². The third kappa shape index (κ3) is 4.95. The van der Waals surface area contributed by atoms with Crippen molar-refractivity contribution in [3.8, 4) is 17.2 Å². The molecule has 8 nitrogen and oxygen atoms in total. The Morgan fingerprint density at radius 3 is 2.29 bits per heavy atom. The maximum absolute atomic E-state index is 13.9. The van der Waals surface area contributed by atoms with Crippen molar-refractivity contribution in [1.29, 1.82) is 0 Å². The van der Waals surface area contributed by atoms with Crippen LogP contribution in [0.2, 0.25) is 0 Å². The van der Waals surface area contributed by atoms with Crippen LogP contribution in [0.15, 0.2) is 53.1 Å². The van der Waals surface area contributed by atoms with Crippen molar-refractivity contribution >= 4 is 17.6 Å². The molecule has 0 aliphatic carbocycles. The molecule has 0 saturated heterocycles. The maximum Gasteiger partial charge on any atom is 0.340 e. The van der Waals surface area contributed by atoms with Crippen LogP contribution in [0.3, 0.4) is 0 Å². The molecule has 0 bridgehead atoms. The number of esters is 1. The van der Waals surface area contributed by atoms with Crippen LogP contribution in [0.5, 0.6) is 17.2 Å². The molecule has 2 aromatic carbocycles. The number of hydrogen-bond donors (Lipinski definition) is 1. The highest BCUT2D eigenvalue weighted by atomic mass is 19.1. The summed E-state index contributed by atoms with van der Waals surface area (Å²) in [7, 11) is 4.19. The van der Waals surface area contributed by atoms with Crippen LogP contribution in [0.4, 0.5) is 10.1 Å². The van der Waals surface area contributed by atoms with Gasteiger partial charge in [0.1, 0.15) is 6.61 Å². The Morgan fingerprint density at radius 1 is 0.968 bits per heavy atom. The van der Waals surface area contributed by atoms with E-state index in [1.54, 1.807) is 12.1 Å². The molecule has 0 fully saturated rings. The molecule has 0 aliphatic heterocycles. The number of hydrogen-bond acceptors (Lipinski definition) is 7. The van der Waals surface area contributed by atoms with Gasteiger partial charge in [-0.25, -0.2) is 9.18 Å². The number of benzene rings is 2. The molecule has 162 valence electrons. The lowest BCUT2D eigenvalue weighted by molar-refractivity contribution is 0.0473. The molecule has 0 saturated carbocycles. The minimum Gasteiger partial charge on any atom is -0.494 e. The smallest absolute Gasteiger partial charge is 0.340 e. The number of rotatable bonds is 8. The Morgan fingerprint density at radius 2 is 1.68 bits per heavy atom. The van der Waals surface area contributed by atoms with E-state index >= 15 is 0 Å². The standard InChI is InChI=1S/C22H20FNO7/c1-27-17-7-6-13(9-15(17)23)12-31-22(26)14-10-19(28-2)20(29-3)11-16(14)24-21(25)18-5-4-8-30-18/h4-11H,12H2,1-3H3,(H,24,25). The van der Waals surface area contributed by atoms with E-state index in [0.717, 1.165) is 0 Å². The first-order valence-electron chi connectivity index (χ1n) is 9.07. The van der Waals surface area contributed by atoms with Crippen molar-refractivity contribution in [1.82, 2.24) is 0 Å². The van der Waals surface area contributed by atoms with Gasteiger partial charge in [-0.15, -0.1) is 0 Å². The first-order valence-corrected chi connectivity index (χ1v) is 9.07. The van der Waals surface area contributed by atoms with Crippen molar-refractivity contribution in [2.75, 3.05) is 26.6 Å². The van der Waals surface area contributed by atoms with Crippen LogP contribution >= 0.6 is 0 Å². The average molecular weight is 429 g/mol. The number of anilines is 1. The molecule has 1 heterocycles. The van der Waals surface area contributed by atoms with E-state index in [1.165, 1.54) is 57.9 Å². The van der Waals surface area contributed by atoms with Gasteiger partial charge < -0.3 is 28.7 Å². The zero-order valence-corrected chi connectivity index (χ0v) is 17.1. The summed E-state index contributed by atoms with van der Waals surface area (Å²) >= 11 is 0. The number of nitrogens with one attached hydrogen (secondary N) is 1. The molecule has 0 spiro atoms. The second kappa shape index (κ2) is 9.66. The van der Waals surface area contributed by atoms with Crippen molar-refractivity contribution in [2.24, 2.45) is 0 Å². The fourth-order valence-corrected chi connectivity index (χ4v) is 2.77. The number of carbonyl (C=O) groups excluding carboxylic acids is 2. The van der Waals surface area contributed by atoms with Gasteiger partial charge in [0.2, 0.25) is 0 Å². The first kappa shape index (κ1) is 21.7. The molecule has 3 rings (SSSR count). The molecule has 0 radical (unpaired) electrons. The average Bonchev–Trinajstić information content (AvgIpc) is 3.32. The molecular weight excluding hydrogens is 409 g/mol. The quantitative estimate of drug-likeness (QED) is 0.540. The second-order valence-electron chi connectivity index (χ2n) is 6.23. The maximum atomic E-state index is 13.9. The highest BCUT2D eigenvalue weighted by Gasteiger charge is 2.21. The van der Waals surface area contributed by atoms with Gasteiger partial charge in [-0.2, -0.15) is 0 Å². The van der Waals surface area contributed by atoms with Crippen LogP contribution in [-0.4, -0.2) is 33.2 Å². The number of furan rings is 1. The fraction of sp³-hybridized carbons (Fsp3) is 0.182. The SMILES string of the molecule is COc1ccc(COC(=O)c2cc(OC)c(OC)cc2NC(=O)c2ccco2)cc1F. The molecule has 31 heavy (non-hydrogen) atoms. The van der Waals surface area contributed by atoms with Crippen LogP contribution in [0, 0.1) is 5.82 Å². The van der Waals surface area contributed by atoms with E-state index in [1.807, 2.05) is 0 Å². The van der Waals surface area contributed by atoms with Gasteiger partial charge in [0.05, 0.1) is 38.8 Å². The minimum atomic E-state index is -0.757. The summed E-state index contributed by atoms with van der Waals surface area (Å²) in [6, 6.07) is 10.1. The predicted octanol–water partition coefficient (Wildman–Crippen LogP) is 4.05.